The van der Waals surface area contributed by atoms with Crippen LogP contribution in [0.4, 0.5) is 5.69 Å². The van der Waals surface area contributed by atoms with Crippen LogP contribution < -0.4 is 15.5 Å². The third-order valence-corrected chi connectivity index (χ3v) is 3.81. The average Bonchev–Trinajstić information content (AvgIpc) is 2.60. The minimum Gasteiger partial charge on any atom is -0.493 e. The number of carbonyl (C=O) groups is 2. The van der Waals surface area contributed by atoms with Crippen molar-refractivity contribution in [3.05, 3.63) is 58.1 Å². The van der Waals surface area contributed by atoms with Gasteiger partial charge in [0.1, 0.15) is 5.75 Å². The molecular weight excluding hydrogens is 365 g/mol. The number of hydrogen-bond acceptors (Lipinski definition) is 4. The number of ether oxygens (including phenoxy) is 1. The van der Waals surface area contributed by atoms with Gasteiger partial charge in [0, 0.05) is 5.56 Å². The highest BCUT2D eigenvalue weighted by Crippen LogP contribution is 2.29. The van der Waals surface area contributed by atoms with Gasteiger partial charge in [-0.2, -0.15) is 5.10 Å². The predicted octanol–water partition coefficient (Wildman–Crippen LogP) is 3.48. The Bertz CT molecular complexity index is 809. The molecule has 0 saturated heterocycles. The maximum Gasteiger partial charge on any atom is 0.329 e. The molecule has 2 aromatic rings. The maximum absolute atomic E-state index is 11.9. The van der Waals surface area contributed by atoms with Crippen LogP contribution >= 0.6 is 23.2 Å². The molecule has 0 heterocycles. The molecule has 2 aromatic carbocycles. The quantitative estimate of drug-likeness (QED) is 0.474. The Morgan fingerprint density at radius 2 is 1.88 bits per heavy atom. The largest absolute Gasteiger partial charge is 0.493 e. The molecule has 0 unspecified atom stereocenters. The predicted molar refractivity (Wildman–Crippen MR) is 98.4 cm³/mol. The highest BCUT2D eigenvalue weighted by atomic mass is 35.5. The SMILES string of the molecule is CCOc1ccccc1/C=N/NC(=O)C(=O)Nc1cccc(Cl)c1Cl. The van der Waals surface area contributed by atoms with Crippen LogP contribution in [-0.2, 0) is 9.59 Å². The number of anilines is 1. The number of hydrogen-bond donors (Lipinski definition) is 2. The summed E-state index contributed by atoms with van der Waals surface area (Å²) in [5.41, 5.74) is 3.05. The third-order valence-electron chi connectivity index (χ3n) is 2.99. The molecule has 25 heavy (non-hydrogen) atoms. The molecule has 2 N–H and O–H groups in total. The van der Waals surface area contributed by atoms with E-state index >= 15 is 0 Å². The van der Waals surface area contributed by atoms with Gasteiger partial charge in [0.2, 0.25) is 0 Å². The fraction of sp³-hybridized carbons (Fsp3) is 0.118. The zero-order valence-corrected chi connectivity index (χ0v) is 14.8. The van der Waals surface area contributed by atoms with Gasteiger partial charge >= 0.3 is 11.8 Å². The Hall–Kier alpha value is -2.57. The van der Waals surface area contributed by atoms with E-state index in [0.717, 1.165) is 0 Å². The number of carbonyl (C=O) groups excluding carboxylic acids is 2. The van der Waals surface area contributed by atoms with Crippen molar-refractivity contribution in [1.82, 2.24) is 5.43 Å². The molecule has 0 aromatic heterocycles. The van der Waals surface area contributed by atoms with Gasteiger partial charge in [0.05, 0.1) is 28.6 Å². The normalized spacial score (nSPS) is 10.5. The molecule has 0 saturated carbocycles. The molecule has 2 amide bonds. The topological polar surface area (TPSA) is 79.8 Å². The van der Waals surface area contributed by atoms with Crippen molar-refractivity contribution in [3.63, 3.8) is 0 Å². The van der Waals surface area contributed by atoms with Crippen LogP contribution in [0.2, 0.25) is 10.0 Å². The van der Waals surface area contributed by atoms with E-state index in [1.165, 1.54) is 12.3 Å². The average molecular weight is 380 g/mol. The molecule has 8 heteroatoms. The van der Waals surface area contributed by atoms with E-state index in [4.69, 9.17) is 27.9 Å². The van der Waals surface area contributed by atoms with Crippen molar-refractivity contribution in [2.75, 3.05) is 11.9 Å². The molecule has 0 bridgehead atoms. The van der Waals surface area contributed by atoms with Crippen molar-refractivity contribution in [2.24, 2.45) is 5.10 Å². The molecule has 0 radical (unpaired) electrons. The summed E-state index contributed by atoms with van der Waals surface area (Å²) in [5, 5.41) is 6.55. The van der Waals surface area contributed by atoms with Crippen molar-refractivity contribution < 1.29 is 14.3 Å². The van der Waals surface area contributed by atoms with E-state index in [9.17, 15) is 9.59 Å². The van der Waals surface area contributed by atoms with Gasteiger partial charge in [0.25, 0.3) is 0 Å². The fourth-order valence-corrected chi connectivity index (χ4v) is 2.21. The Morgan fingerprint density at radius 1 is 1.12 bits per heavy atom. The summed E-state index contributed by atoms with van der Waals surface area (Å²) < 4.78 is 5.43. The molecule has 0 spiro atoms. The van der Waals surface area contributed by atoms with Gasteiger partial charge in [0.15, 0.2) is 0 Å². The van der Waals surface area contributed by atoms with E-state index in [1.54, 1.807) is 30.3 Å². The van der Waals surface area contributed by atoms with E-state index in [1.807, 2.05) is 13.0 Å². The highest BCUT2D eigenvalue weighted by Gasteiger charge is 2.15. The van der Waals surface area contributed by atoms with E-state index in [-0.39, 0.29) is 15.7 Å². The van der Waals surface area contributed by atoms with E-state index in [0.29, 0.717) is 17.9 Å². The summed E-state index contributed by atoms with van der Waals surface area (Å²) in [6.45, 7) is 2.36. The Kier molecular flexibility index (Phi) is 6.80. The van der Waals surface area contributed by atoms with Crippen molar-refractivity contribution >= 4 is 46.9 Å². The van der Waals surface area contributed by atoms with Gasteiger partial charge in [-0.05, 0) is 31.2 Å². The van der Waals surface area contributed by atoms with Gasteiger partial charge in [-0.1, -0.05) is 41.4 Å². The minimum absolute atomic E-state index is 0.152. The van der Waals surface area contributed by atoms with Crippen LogP contribution in [0.3, 0.4) is 0 Å². The van der Waals surface area contributed by atoms with Crippen LogP contribution in [0.15, 0.2) is 47.6 Å². The second-order valence-corrected chi connectivity index (χ2v) is 5.51. The second kappa shape index (κ2) is 9.05. The molecule has 6 nitrogen and oxygen atoms in total. The number of nitrogens with one attached hydrogen (secondary N) is 2. The first-order valence-corrected chi connectivity index (χ1v) is 8.08. The summed E-state index contributed by atoms with van der Waals surface area (Å²) in [7, 11) is 0. The van der Waals surface area contributed by atoms with Gasteiger partial charge in [-0.25, -0.2) is 5.43 Å². The first kappa shape index (κ1) is 18.8. The Balaban J connectivity index is 1.98. The summed E-state index contributed by atoms with van der Waals surface area (Å²) in [5.74, 6) is -1.24. The van der Waals surface area contributed by atoms with Crippen LogP contribution in [0.1, 0.15) is 12.5 Å². The lowest BCUT2D eigenvalue weighted by molar-refractivity contribution is -0.136. The molecule has 0 aliphatic rings. The van der Waals surface area contributed by atoms with Gasteiger partial charge < -0.3 is 10.1 Å². The highest BCUT2D eigenvalue weighted by molar-refractivity contribution is 6.45. The van der Waals surface area contributed by atoms with E-state index < -0.39 is 11.8 Å². The number of benzene rings is 2. The number of hydrazone groups is 1. The molecular formula is C17H15Cl2N3O3. The molecule has 2 rings (SSSR count). The van der Waals surface area contributed by atoms with Crippen LogP contribution in [0.5, 0.6) is 5.75 Å². The summed E-state index contributed by atoms with van der Waals surface area (Å²) >= 11 is 11.8. The number of halogens is 2. The van der Waals surface area contributed by atoms with Crippen molar-refractivity contribution in [3.8, 4) is 5.75 Å². The van der Waals surface area contributed by atoms with E-state index in [2.05, 4.69) is 15.8 Å². The fourth-order valence-electron chi connectivity index (χ4n) is 1.86. The van der Waals surface area contributed by atoms with Crippen LogP contribution in [-0.4, -0.2) is 24.6 Å². The lowest BCUT2D eigenvalue weighted by atomic mass is 10.2. The molecule has 0 fully saturated rings. The summed E-state index contributed by atoms with van der Waals surface area (Å²) in [4.78, 5) is 23.7. The first-order chi connectivity index (χ1) is 12.0. The zero-order valence-electron chi connectivity index (χ0n) is 13.3. The number of para-hydroxylation sites is 1. The lowest BCUT2D eigenvalue weighted by Crippen LogP contribution is -2.32. The maximum atomic E-state index is 11.9. The molecule has 130 valence electrons. The second-order valence-electron chi connectivity index (χ2n) is 4.73. The van der Waals surface area contributed by atoms with Crippen molar-refractivity contribution in [1.29, 1.82) is 0 Å². The molecule has 0 aliphatic carbocycles. The molecule has 0 atom stereocenters. The Morgan fingerprint density at radius 3 is 2.64 bits per heavy atom. The number of rotatable bonds is 5. The summed E-state index contributed by atoms with van der Waals surface area (Å²) in [6, 6.07) is 11.9. The monoisotopic (exact) mass is 379 g/mol. The number of amides is 2. The molecule has 0 aliphatic heterocycles. The van der Waals surface area contributed by atoms with Crippen LogP contribution in [0, 0.1) is 0 Å². The van der Waals surface area contributed by atoms with Crippen LogP contribution in [0.25, 0.3) is 0 Å². The smallest absolute Gasteiger partial charge is 0.329 e. The van der Waals surface area contributed by atoms with Gasteiger partial charge in [-0.15, -0.1) is 0 Å². The van der Waals surface area contributed by atoms with Crippen molar-refractivity contribution in [2.45, 2.75) is 6.92 Å². The minimum atomic E-state index is -0.943. The standard InChI is InChI=1S/C17H15Cl2N3O3/c1-2-25-14-9-4-3-6-11(14)10-20-22-17(24)16(23)21-13-8-5-7-12(18)15(13)19/h3-10H,2H2,1H3,(H,21,23)(H,22,24)/b20-10+. The zero-order chi connectivity index (χ0) is 18.2. The first-order valence-electron chi connectivity index (χ1n) is 7.33. The third kappa shape index (κ3) is 5.20. The number of nitrogens with zero attached hydrogens (tertiary/aromatic N) is 1. The summed E-state index contributed by atoms with van der Waals surface area (Å²) in [6.07, 6.45) is 1.39. The lowest BCUT2D eigenvalue weighted by Gasteiger charge is -2.07. The Labute approximate surface area is 154 Å². The van der Waals surface area contributed by atoms with Gasteiger partial charge in [-0.3, -0.25) is 9.59 Å².